The Morgan fingerprint density at radius 3 is 2.71 bits per heavy atom. The van der Waals surface area contributed by atoms with Crippen molar-refractivity contribution in [3.63, 3.8) is 0 Å². The second kappa shape index (κ2) is 7.65. The van der Waals surface area contributed by atoms with Crippen LogP contribution in [0.15, 0.2) is 77.7 Å². The molecule has 0 aliphatic rings. The van der Waals surface area contributed by atoms with Gasteiger partial charge in [-0.3, -0.25) is 9.20 Å². The van der Waals surface area contributed by atoms with Gasteiger partial charge in [0.15, 0.2) is 0 Å². The van der Waals surface area contributed by atoms with Gasteiger partial charge in [0.1, 0.15) is 22.9 Å². The van der Waals surface area contributed by atoms with E-state index in [1.807, 2.05) is 78.2 Å². The first-order chi connectivity index (χ1) is 15.1. The maximum atomic E-state index is 12.9. The number of aromatic amines is 1. The number of nitrogens with zero attached hydrogens (tertiary/aromatic N) is 2. The molecule has 3 heterocycles. The number of rotatable bonds is 5. The molecule has 0 saturated heterocycles. The summed E-state index contributed by atoms with van der Waals surface area (Å²) >= 11 is 0. The molecular formula is C25H22N4O2. The van der Waals surface area contributed by atoms with E-state index in [1.54, 1.807) is 7.11 Å². The first-order valence-corrected chi connectivity index (χ1v) is 10.1. The van der Waals surface area contributed by atoms with Crippen LogP contribution in [0.3, 0.4) is 0 Å². The van der Waals surface area contributed by atoms with Crippen LogP contribution in [-0.2, 0) is 6.54 Å². The second-order valence-electron chi connectivity index (χ2n) is 7.54. The Balaban J connectivity index is 1.61. The van der Waals surface area contributed by atoms with Crippen molar-refractivity contribution in [3.05, 3.63) is 94.4 Å². The summed E-state index contributed by atoms with van der Waals surface area (Å²) < 4.78 is 7.21. The van der Waals surface area contributed by atoms with Gasteiger partial charge in [-0.15, -0.1) is 0 Å². The zero-order chi connectivity index (χ0) is 21.4. The van der Waals surface area contributed by atoms with Crippen molar-refractivity contribution in [3.8, 4) is 17.0 Å². The molecule has 0 aliphatic carbocycles. The fraction of sp³-hybridized carbons (Fsp3) is 0.120. The number of pyridine rings is 2. The standard InChI is InChI=1S/C25H22N4O2/c1-16-6-11-21-18(13-16)14-20(25(30)27-21)23-24(29-12-4-3-5-22(29)28-23)26-15-17-7-9-19(31-2)10-8-17/h3-14,26H,15H2,1-2H3,(H,27,30). The number of fused-ring (bicyclic) bond motifs is 2. The summed E-state index contributed by atoms with van der Waals surface area (Å²) in [5.41, 5.74) is 4.84. The van der Waals surface area contributed by atoms with E-state index in [0.717, 1.165) is 39.2 Å². The predicted octanol–water partition coefficient (Wildman–Crippen LogP) is 4.77. The van der Waals surface area contributed by atoms with Crippen LogP contribution in [0.1, 0.15) is 11.1 Å². The number of H-pyrrole nitrogens is 1. The predicted molar refractivity (Wildman–Crippen MR) is 124 cm³/mol. The fourth-order valence-corrected chi connectivity index (χ4v) is 3.78. The van der Waals surface area contributed by atoms with Crippen molar-refractivity contribution in [2.75, 3.05) is 12.4 Å². The van der Waals surface area contributed by atoms with Crippen LogP contribution < -0.4 is 15.6 Å². The maximum absolute atomic E-state index is 12.9. The van der Waals surface area contributed by atoms with Crippen LogP contribution in [-0.4, -0.2) is 21.5 Å². The number of imidazole rings is 1. The van der Waals surface area contributed by atoms with E-state index in [-0.39, 0.29) is 5.56 Å². The lowest BCUT2D eigenvalue weighted by atomic mass is 10.1. The first kappa shape index (κ1) is 18.9. The van der Waals surface area contributed by atoms with Gasteiger partial charge in [-0.2, -0.15) is 0 Å². The van der Waals surface area contributed by atoms with Crippen LogP contribution in [0.25, 0.3) is 27.8 Å². The molecule has 5 rings (SSSR count). The summed E-state index contributed by atoms with van der Waals surface area (Å²) in [6.45, 7) is 2.63. The lowest BCUT2D eigenvalue weighted by Crippen LogP contribution is -2.11. The summed E-state index contributed by atoms with van der Waals surface area (Å²) in [5, 5.41) is 4.46. The Kier molecular flexibility index (Phi) is 4.67. The average Bonchev–Trinajstić information content (AvgIpc) is 3.16. The highest BCUT2D eigenvalue weighted by Crippen LogP contribution is 2.29. The summed E-state index contributed by atoms with van der Waals surface area (Å²) in [4.78, 5) is 20.7. The third-order valence-corrected chi connectivity index (χ3v) is 5.40. The quantitative estimate of drug-likeness (QED) is 0.438. The van der Waals surface area contributed by atoms with Gasteiger partial charge >= 0.3 is 0 Å². The maximum Gasteiger partial charge on any atom is 0.258 e. The van der Waals surface area contributed by atoms with Gasteiger partial charge in [0, 0.05) is 18.3 Å². The third kappa shape index (κ3) is 3.53. The molecule has 0 bridgehead atoms. The number of nitrogens with one attached hydrogen (secondary N) is 2. The lowest BCUT2D eigenvalue weighted by molar-refractivity contribution is 0.414. The molecule has 5 aromatic rings. The number of hydrogen-bond donors (Lipinski definition) is 2. The first-order valence-electron chi connectivity index (χ1n) is 10.1. The topological polar surface area (TPSA) is 71.4 Å². The van der Waals surface area contributed by atoms with E-state index >= 15 is 0 Å². The lowest BCUT2D eigenvalue weighted by Gasteiger charge is -2.10. The van der Waals surface area contributed by atoms with Gasteiger partial charge in [0.2, 0.25) is 0 Å². The van der Waals surface area contributed by atoms with Crippen molar-refractivity contribution in [1.29, 1.82) is 0 Å². The van der Waals surface area contributed by atoms with Crippen molar-refractivity contribution < 1.29 is 4.74 Å². The summed E-state index contributed by atoms with van der Waals surface area (Å²) in [6, 6.07) is 21.6. The largest absolute Gasteiger partial charge is 0.497 e. The average molecular weight is 410 g/mol. The number of methoxy groups -OCH3 is 1. The van der Waals surface area contributed by atoms with Crippen LogP contribution in [0.5, 0.6) is 5.75 Å². The molecule has 3 aromatic heterocycles. The molecule has 0 unspecified atom stereocenters. The number of benzene rings is 2. The third-order valence-electron chi connectivity index (χ3n) is 5.40. The van der Waals surface area contributed by atoms with E-state index in [1.165, 1.54) is 0 Å². The van der Waals surface area contributed by atoms with Gasteiger partial charge in [-0.25, -0.2) is 4.98 Å². The molecule has 0 spiro atoms. The zero-order valence-electron chi connectivity index (χ0n) is 17.3. The van der Waals surface area contributed by atoms with Gasteiger partial charge in [0.05, 0.1) is 12.7 Å². The molecule has 0 aliphatic heterocycles. The molecular weight excluding hydrogens is 388 g/mol. The highest BCUT2D eigenvalue weighted by Gasteiger charge is 2.17. The highest BCUT2D eigenvalue weighted by atomic mass is 16.5. The SMILES string of the molecule is COc1ccc(CNc2c(-c3cc4cc(C)ccc4[nH]c3=O)nc3ccccn23)cc1. The van der Waals surface area contributed by atoms with Crippen LogP contribution in [0.2, 0.25) is 0 Å². The summed E-state index contributed by atoms with van der Waals surface area (Å²) in [5.74, 6) is 1.60. The van der Waals surface area contributed by atoms with E-state index in [9.17, 15) is 4.79 Å². The number of anilines is 1. The molecule has 2 aromatic carbocycles. The monoisotopic (exact) mass is 410 g/mol. The Morgan fingerprint density at radius 1 is 1.06 bits per heavy atom. The molecule has 0 saturated carbocycles. The Bertz CT molecular complexity index is 1450. The van der Waals surface area contributed by atoms with Gasteiger partial charge < -0.3 is 15.0 Å². The minimum atomic E-state index is -0.160. The minimum absolute atomic E-state index is 0.160. The molecule has 6 nitrogen and oxygen atoms in total. The summed E-state index contributed by atoms with van der Waals surface area (Å²) in [6.07, 6.45) is 1.95. The van der Waals surface area contributed by atoms with E-state index < -0.39 is 0 Å². The highest BCUT2D eigenvalue weighted by molar-refractivity contribution is 5.86. The normalized spacial score (nSPS) is 11.2. The Morgan fingerprint density at radius 2 is 1.90 bits per heavy atom. The van der Waals surface area contributed by atoms with Crippen molar-refractivity contribution >= 4 is 22.4 Å². The zero-order valence-corrected chi connectivity index (χ0v) is 17.3. The Hall–Kier alpha value is -4.06. The van der Waals surface area contributed by atoms with Crippen LogP contribution in [0, 0.1) is 6.92 Å². The van der Waals surface area contributed by atoms with Crippen LogP contribution >= 0.6 is 0 Å². The molecule has 154 valence electrons. The molecule has 0 radical (unpaired) electrons. The van der Waals surface area contributed by atoms with E-state index in [2.05, 4.69) is 16.4 Å². The molecule has 6 heteroatoms. The summed E-state index contributed by atoms with van der Waals surface area (Å²) in [7, 11) is 1.65. The van der Waals surface area contributed by atoms with Crippen molar-refractivity contribution in [2.45, 2.75) is 13.5 Å². The van der Waals surface area contributed by atoms with Gasteiger partial charge in [-0.1, -0.05) is 29.8 Å². The van der Waals surface area contributed by atoms with Gasteiger partial charge in [-0.05, 0) is 60.3 Å². The minimum Gasteiger partial charge on any atom is -0.497 e. The molecule has 0 fully saturated rings. The number of aromatic nitrogens is 3. The van der Waals surface area contributed by atoms with Crippen molar-refractivity contribution in [1.82, 2.24) is 14.4 Å². The molecule has 31 heavy (non-hydrogen) atoms. The smallest absolute Gasteiger partial charge is 0.258 e. The van der Waals surface area contributed by atoms with Gasteiger partial charge in [0.25, 0.3) is 5.56 Å². The Labute approximate surface area is 179 Å². The molecule has 0 atom stereocenters. The number of ether oxygens (including phenoxy) is 1. The second-order valence-corrected chi connectivity index (χ2v) is 7.54. The fourth-order valence-electron chi connectivity index (χ4n) is 3.78. The van der Waals surface area contributed by atoms with E-state index in [0.29, 0.717) is 17.8 Å². The van der Waals surface area contributed by atoms with Crippen LogP contribution in [0.4, 0.5) is 5.82 Å². The number of aryl methyl sites for hydroxylation is 1. The molecule has 2 N–H and O–H groups in total. The number of hydrogen-bond acceptors (Lipinski definition) is 4. The molecule has 0 amide bonds. The van der Waals surface area contributed by atoms with E-state index in [4.69, 9.17) is 9.72 Å². The van der Waals surface area contributed by atoms with Crippen molar-refractivity contribution in [2.24, 2.45) is 0 Å².